The molecule has 0 aromatic carbocycles. The van der Waals surface area contributed by atoms with E-state index in [2.05, 4.69) is 15.2 Å². The summed E-state index contributed by atoms with van der Waals surface area (Å²) in [5, 5.41) is 6.02. The van der Waals surface area contributed by atoms with E-state index < -0.39 is 0 Å². The van der Waals surface area contributed by atoms with Gasteiger partial charge in [-0.15, -0.1) is 11.3 Å². The van der Waals surface area contributed by atoms with Crippen molar-refractivity contribution >= 4 is 17.2 Å². The molecule has 5 nitrogen and oxygen atoms in total. The molecule has 0 saturated carbocycles. The Morgan fingerprint density at radius 1 is 1.43 bits per heavy atom. The van der Waals surface area contributed by atoms with Gasteiger partial charge in [-0.3, -0.25) is 9.69 Å². The van der Waals surface area contributed by atoms with Gasteiger partial charge in [0.25, 0.3) is 0 Å². The van der Waals surface area contributed by atoms with Gasteiger partial charge in [0.15, 0.2) is 0 Å². The minimum atomic E-state index is 0.0425. The van der Waals surface area contributed by atoms with Crippen molar-refractivity contribution in [3.8, 4) is 0 Å². The maximum atomic E-state index is 11.8. The molecular formula is C15H25N3O2S. The summed E-state index contributed by atoms with van der Waals surface area (Å²) in [5.74, 6) is 0.0425. The van der Waals surface area contributed by atoms with Crippen LogP contribution < -0.4 is 5.32 Å². The fourth-order valence-electron chi connectivity index (χ4n) is 2.48. The van der Waals surface area contributed by atoms with Crippen LogP contribution >= 0.6 is 11.3 Å². The van der Waals surface area contributed by atoms with Crippen LogP contribution in [0.1, 0.15) is 36.4 Å². The zero-order valence-electron chi connectivity index (χ0n) is 12.8. The smallest absolute Gasteiger partial charge is 0.226 e. The number of carbonyl (C=O) groups is 1. The molecular weight excluding hydrogens is 286 g/mol. The maximum absolute atomic E-state index is 11.8. The van der Waals surface area contributed by atoms with Crippen LogP contribution in [0.25, 0.3) is 0 Å². The number of hydrogen-bond donors (Lipinski definition) is 1. The summed E-state index contributed by atoms with van der Waals surface area (Å²) in [6.45, 7) is 4.62. The standard InChI is InChI=1S/C15H25N3O2S/c1-20-9-5-6-16-14(19)10-13-12-21-15(17-13)11-18-7-3-2-4-8-18/h12H,2-11H2,1H3,(H,16,19). The number of nitrogens with one attached hydrogen (secondary N) is 1. The average molecular weight is 311 g/mol. The third kappa shape index (κ3) is 6.11. The average Bonchev–Trinajstić information content (AvgIpc) is 2.92. The van der Waals surface area contributed by atoms with Gasteiger partial charge >= 0.3 is 0 Å². The van der Waals surface area contributed by atoms with Crippen molar-refractivity contribution in [2.75, 3.05) is 33.4 Å². The largest absolute Gasteiger partial charge is 0.385 e. The number of aromatic nitrogens is 1. The predicted octanol–water partition coefficient (Wildman–Crippen LogP) is 1.82. The number of thiazole rings is 1. The molecule has 1 amide bonds. The van der Waals surface area contributed by atoms with Gasteiger partial charge in [0.2, 0.25) is 5.91 Å². The van der Waals surface area contributed by atoms with E-state index in [1.165, 1.54) is 32.4 Å². The summed E-state index contributed by atoms with van der Waals surface area (Å²) >= 11 is 1.66. The second-order valence-electron chi connectivity index (χ2n) is 5.44. The first-order valence-corrected chi connectivity index (χ1v) is 8.57. The van der Waals surface area contributed by atoms with Crippen molar-refractivity contribution in [3.63, 3.8) is 0 Å². The molecule has 1 aromatic heterocycles. The first-order chi connectivity index (χ1) is 10.3. The second kappa shape index (κ2) is 9.12. The van der Waals surface area contributed by atoms with Crippen LogP contribution in [0.3, 0.4) is 0 Å². The predicted molar refractivity (Wildman–Crippen MR) is 84.4 cm³/mol. The van der Waals surface area contributed by atoms with E-state index in [0.29, 0.717) is 19.6 Å². The highest BCUT2D eigenvalue weighted by Crippen LogP contribution is 2.16. The highest BCUT2D eigenvalue weighted by atomic mass is 32.1. The Morgan fingerprint density at radius 2 is 2.24 bits per heavy atom. The lowest BCUT2D eigenvalue weighted by Gasteiger charge is -2.25. The molecule has 21 heavy (non-hydrogen) atoms. The molecule has 0 unspecified atom stereocenters. The van der Waals surface area contributed by atoms with Crippen LogP contribution in [0, 0.1) is 0 Å². The summed E-state index contributed by atoms with van der Waals surface area (Å²) in [6.07, 6.45) is 5.16. The normalized spacial score (nSPS) is 16.0. The Kier molecular flexibility index (Phi) is 7.12. The molecule has 0 radical (unpaired) electrons. The van der Waals surface area contributed by atoms with E-state index in [9.17, 15) is 4.79 Å². The summed E-state index contributed by atoms with van der Waals surface area (Å²) in [5.41, 5.74) is 0.885. The highest BCUT2D eigenvalue weighted by Gasteiger charge is 2.13. The molecule has 1 saturated heterocycles. The number of ether oxygens (including phenoxy) is 1. The molecule has 0 bridgehead atoms. The lowest BCUT2D eigenvalue weighted by Crippen LogP contribution is -2.29. The molecule has 1 aromatic rings. The molecule has 1 aliphatic rings. The summed E-state index contributed by atoms with van der Waals surface area (Å²) in [7, 11) is 1.67. The fraction of sp³-hybridized carbons (Fsp3) is 0.733. The third-order valence-electron chi connectivity index (χ3n) is 3.60. The van der Waals surface area contributed by atoms with Crippen molar-refractivity contribution in [1.82, 2.24) is 15.2 Å². The number of amides is 1. The topological polar surface area (TPSA) is 54.5 Å². The molecule has 1 N–H and O–H groups in total. The molecule has 0 spiro atoms. The van der Waals surface area contributed by atoms with E-state index in [0.717, 1.165) is 23.7 Å². The first kappa shape index (κ1) is 16.4. The Hall–Kier alpha value is -0.980. The third-order valence-corrected chi connectivity index (χ3v) is 4.48. The van der Waals surface area contributed by atoms with Gasteiger partial charge in [0.05, 0.1) is 18.7 Å². The van der Waals surface area contributed by atoms with Gasteiger partial charge < -0.3 is 10.1 Å². The summed E-state index contributed by atoms with van der Waals surface area (Å²) in [6, 6.07) is 0. The maximum Gasteiger partial charge on any atom is 0.226 e. The van der Waals surface area contributed by atoms with E-state index in [4.69, 9.17) is 4.74 Å². The summed E-state index contributed by atoms with van der Waals surface area (Å²) in [4.78, 5) is 18.8. The minimum absolute atomic E-state index is 0.0425. The fourth-order valence-corrected chi connectivity index (χ4v) is 3.32. The van der Waals surface area contributed by atoms with Crippen LogP contribution in [0.5, 0.6) is 0 Å². The molecule has 2 rings (SSSR count). The van der Waals surface area contributed by atoms with E-state index in [1.54, 1.807) is 18.4 Å². The lowest BCUT2D eigenvalue weighted by atomic mass is 10.1. The number of piperidine rings is 1. The number of rotatable bonds is 8. The lowest BCUT2D eigenvalue weighted by molar-refractivity contribution is -0.120. The van der Waals surface area contributed by atoms with Gasteiger partial charge in [-0.25, -0.2) is 4.98 Å². The molecule has 0 aliphatic carbocycles. The zero-order chi connectivity index (χ0) is 14.9. The number of nitrogens with zero attached hydrogens (tertiary/aromatic N) is 2. The van der Waals surface area contributed by atoms with Gasteiger partial charge in [0, 0.05) is 25.6 Å². The van der Waals surface area contributed by atoms with E-state index in [-0.39, 0.29) is 5.91 Å². The Morgan fingerprint density at radius 3 is 3.00 bits per heavy atom. The molecule has 2 heterocycles. The van der Waals surface area contributed by atoms with Crippen LogP contribution in [0.2, 0.25) is 0 Å². The zero-order valence-corrected chi connectivity index (χ0v) is 13.6. The Bertz CT molecular complexity index is 430. The van der Waals surface area contributed by atoms with Crippen molar-refractivity contribution in [2.24, 2.45) is 0 Å². The number of hydrogen-bond acceptors (Lipinski definition) is 5. The van der Waals surface area contributed by atoms with Crippen LogP contribution in [-0.2, 0) is 22.5 Å². The molecule has 6 heteroatoms. The van der Waals surface area contributed by atoms with E-state index in [1.807, 2.05) is 5.38 Å². The number of likely N-dealkylation sites (tertiary alicyclic amines) is 1. The SMILES string of the molecule is COCCCNC(=O)Cc1csc(CN2CCCCC2)n1. The highest BCUT2D eigenvalue weighted by molar-refractivity contribution is 7.09. The van der Waals surface area contributed by atoms with Crippen LogP contribution in [0.15, 0.2) is 5.38 Å². The van der Waals surface area contributed by atoms with Crippen molar-refractivity contribution in [2.45, 2.75) is 38.6 Å². The van der Waals surface area contributed by atoms with Crippen LogP contribution in [-0.4, -0.2) is 49.1 Å². The van der Waals surface area contributed by atoms with E-state index >= 15 is 0 Å². The van der Waals surface area contributed by atoms with Gasteiger partial charge in [-0.05, 0) is 32.4 Å². The molecule has 1 aliphatic heterocycles. The monoisotopic (exact) mass is 311 g/mol. The van der Waals surface area contributed by atoms with Gasteiger partial charge in [0.1, 0.15) is 5.01 Å². The number of carbonyl (C=O) groups excluding carboxylic acids is 1. The molecule has 0 atom stereocenters. The van der Waals surface area contributed by atoms with Gasteiger partial charge in [-0.1, -0.05) is 6.42 Å². The molecule has 118 valence electrons. The van der Waals surface area contributed by atoms with Crippen LogP contribution in [0.4, 0.5) is 0 Å². The van der Waals surface area contributed by atoms with Gasteiger partial charge in [-0.2, -0.15) is 0 Å². The Balaban J connectivity index is 1.70. The quantitative estimate of drug-likeness (QED) is 0.744. The first-order valence-electron chi connectivity index (χ1n) is 7.69. The molecule has 1 fully saturated rings. The summed E-state index contributed by atoms with van der Waals surface area (Å²) < 4.78 is 4.95. The Labute approximate surface area is 130 Å². The van der Waals surface area contributed by atoms with Crippen molar-refractivity contribution < 1.29 is 9.53 Å². The minimum Gasteiger partial charge on any atom is -0.385 e. The van der Waals surface area contributed by atoms with Crippen molar-refractivity contribution in [3.05, 3.63) is 16.1 Å². The van der Waals surface area contributed by atoms with Crippen molar-refractivity contribution in [1.29, 1.82) is 0 Å². The second-order valence-corrected chi connectivity index (χ2v) is 6.39. The number of methoxy groups -OCH3 is 1.